The molecule has 1 amide bonds. The van der Waals surface area contributed by atoms with Gasteiger partial charge in [-0.25, -0.2) is 19.2 Å². The summed E-state index contributed by atoms with van der Waals surface area (Å²) >= 11 is 11.9. The first-order chi connectivity index (χ1) is 18.0. The van der Waals surface area contributed by atoms with Gasteiger partial charge in [0, 0.05) is 36.4 Å². The van der Waals surface area contributed by atoms with E-state index in [1.807, 2.05) is 25.7 Å². The minimum atomic E-state index is -0.678. The first kappa shape index (κ1) is 26.6. The van der Waals surface area contributed by atoms with Gasteiger partial charge in [0.05, 0.1) is 28.4 Å². The van der Waals surface area contributed by atoms with Crippen molar-refractivity contribution in [3.63, 3.8) is 0 Å². The van der Waals surface area contributed by atoms with E-state index in [-0.39, 0.29) is 40.0 Å². The molecule has 1 aromatic heterocycles. The molecule has 2 bridgehead atoms. The van der Waals surface area contributed by atoms with E-state index in [1.165, 1.54) is 18.5 Å². The van der Waals surface area contributed by atoms with Crippen LogP contribution in [0.15, 0.2) is 30.6 Å². The fraction of sp³-hybridized carbons (Fsp3) is 0.444. The molecule has 11 heteroatoms. The fourth-order valence-electron chi connectivity index (χ4n) is 5.18. The van der Waals surface area contributed by atoms with Crippen molar-refractivity contribution in [1.29, 1.82) is 0 Å². The van der Waals surface area contributed by atoms with E-state index in [9.17, 15) is 9.18 Å². The van der Waals surface area contributed by atoms with Crippen LogP contribution >= 0.6 is 23.2 Å². The summed E-state index contributed by atoms with van der Waals surface area (Å²) in [5, 5.41) is 3.55. The summed E-state index contributed by atoms with van der Waals surface area (Å²) in [6, 6.07) is 6.65. The summed E-state index contributed by atoms with van der Waals surface area (Å²) in [5.74, 6) is 0.732. The zero-order chi connectivity index (χ0) is 27.2. The maximum atomic E-state index is 14.7. The number of fused-ring (bicyclic) bond motifs is 3. The molecule has 2 saturated heterocycles. The number of piperidine rings is 1. The third-order valence-electron chi connectivity index (χ3n) is 6.80. The molecule has 2 unspecified atom stereocenters. The molecule has 2 fully saturated rings. The smallest absolute Gasteiger partial charge is 0.410 e. The quantitative estimate of drug-likeness (QED) is 0.331. The summed E-state index contributed by atoms with van der Waals surface area (Å²) in [6.45, 7) is 5.62. The molecule has 3 atom stereocenters. The lowest BCUT2D eigenvalue weighted by Gasteiger charge is -2.39. The minimum Gasteiger partial charge on any atom is -0.493 e. The predicted molar refractivity (Wildman–Crippen MR) is 144 cm³/mol. The molecular formula is C27H29Cl2FN4O4. The van der Waals surface area contributed by atoms with E-state index in [0.717, 1.165) is 12.8 Å². The van der Waals surface area contributed by atoms with Gasteiger partial charge in [0.2, 0.25) is 0 Å². The molecule has 8 nitrogen and oxygen atoms in total. The molecule has 5 rings (SSSR count). The second kappa shape index (κ2) is 10.3. The van der Waals surface area contributed by atoms with Crippen LogP contribution in [0.2, 0.25) is 10.0 Å². The number of amides is 1. The topological polar surface area (TPSA) is 85.8 Å². The summed E-state index contributed by atoms with van der Waals surface area (Å²) in [6.07, 6.45) is 4.18. The SMILES string of the molecule is COc1cc2ncnc(Nc3ccc(Cl)c(Cl)c3F)c2cc1OC1CC2CC[C@H](C1)N2C(=O)OC(C)(C)C. The molecule has 2 aromatic carbocycles. The van der Waals surface area contributed by atoms with Crippen molar-refractivity contribution in [3.8, 4) is 11.5 Å². The monoisotopic (exact) mass is 562 g/mol. The van der Waals surface area contributed by atoms with Gasteiger partial charge in [-0.05, 0) is 51.8 Å². The number of anilines is 2. The highest BCUT2D eigenvalue weighted by atomic mass is 35.5. The summed E-state index contributed by atoms with van der Waals surface area (Å²) in [7, 11) is 1.56. The molecule has 202 valence electrons. The summed E-state index contributed by atoms with van der Waals surface area (Å²) in [5.41, 5.74) is 0.173. The highest BCUT2D eigenvalue weighted by Gasteiger charge is 2.45. The van der Waals surface area contributed by atoms with Gasteiger partial charge in [0.15, 0.2) is 17.3 Å². The molecule has 1 N–H and O–H groups in total. The zero-order valence-electron chi connectivity index (χ0n) is 21.6. The summed E-state index contributed by atoms with van der Waals surface area (Å²) < 4.78 is 32.4. The molecule has 0 radical (unpaired) electrons. The van der Waals surface area contributed by atoms with Gasteiger partial charge in [0.1, 0.15) is 23.9 Å². The van der Waals surface area contributed by atoms with E-state index in [0.29, 0.717) is 41.1 Å². The van der Waals surface area contributed by atoms with Gasteiger partial charge in [-0.15, -0.1) is 0 Å². The van der Waals surface area contributed by atoms with Crippen LogP contribution in [0.3, 0.4) is 0 Å². The Morgan fingerprint density at radius 3 is 2.47 bits per heavy atom. The van der Waals surface area contributed by atoms with E-state index in [2.05, 4.69) is 15.3 Å². The van der Waals surface area contributed by atoms with Gasteiger partial charge in [0.25, 0.3) is 0 Å². The second-order valence-corrected chi connectivity index (χ2v) is 11.4. The largest absolute Gasteiger partial charge is 0.493 e. The first-order valence-corrected chi connectivity index (χ1v) is 13.2. The molecular weight excluding hydrogens is 534 g/mol. The van der Waals surface area contributed by atoms with E-state index in [1.54, 1.807) is 19.2 Å². The van der Waals surface area contributed by atoms with Gasteiger partial charge in [-0.2, -0.15) is 0 Å². The number of carbonyl (C=O) groups is 1. The van der Waals surface area contributed by atoms with Crippen LogP contribution < -0.4 is 14.8 Å². The Hall–Kier alpha value is -3.04. The Bertz CT molecular complexity index is 1370. The Balaban J connectivity index is 1.40. The zero-order valence-corrected chi connectivity index (χ0v) is 23.1. The standard InChI is InChI=1S/C27H29Cl2FN4O4/c1-27(2,3)38-26(35)34-14-5-6-15(34)10-16(9-14)37-22-11-17-20(12-21(22)36-4)31-13-32-25(17)33-19-8-7-18(28)23(29)24(19)30/h7-8,11-16H,5-6,9-10H2,1-4H3,(H,31,32,33)/t14-,15?,16?/m1/s1. The number of nitrogens with one attached hydrogen (secondary N) is 1. The van der Waals surface area contributed by atoms with E-state index in [4.69, 9.17) is 37.4 Å². The van der Waals surface area contributed by atoms with E-state index < -0.39 is 11.4 Å². The molecule has 38 heavy (non-hydrogen) atoms. The highest BCUT2D eigenvalue weighted by molar-refractivity contribution is 6.42. The van der Waals surface area contributed by atoms with Crippen molar-refractivity contribution in [3.05, 3.63) is 46.5 Å². The number of carbonyl (C=O) groups excluding carboxylic acids is 1. The van der Waals surface area contributed by atoms with Gasteiger partial charge >= 0.3 is 6.09 Å². The maximum absolute atomic E-state index is 14.7. The minimum absolute atomic E-state index is 0.0539. The van der Waals surface area contributed by atoms with Crippen molar-refractivity contribution in [2.45, 2.75) is 70.2 Å². The van der Waals surface area contributed by atoms with Crippen molar-refractivity contribution >= 4 is 51.7 Å². The number of ether oxygens (including phenoxy) is 3. The van der Waals surface area contributed by atoms with Crippen molar-refractivity contribution in [2.24, 2.45) is 0 Å². The number of nitrogens with zero attached hydrogens (tertiary/aromatic N) is 3. The number of rotatable bonds is 5. The average molecular weight is 563 g/mol. The van der Waals surface area contributed by atoms with Crippen LogP contribution in [0.1, 0.15) is 46.5 Å². The van der Waals surface area contributed by atoms with Crippen LogP contribution in [0, 0.1) is 5.82 Å². The van der Waals surface area contributed by atoms with Crippen LogP contribution in [0.4, 0.5) is 20.7 Å². The Kier molecular flexibility index (Phi) is 7.17. The normalized spacial score (nSPS) is 20.9. The first-order valence-electron chi connectivity index (χ1n) is 12.5. The fourth-order valence-corrected chi connectivity index (χ4v) is 5.49. The number of methoxy groups -OCH3 is 1. The third kappa shape index (κ3) is 5.27. The van der Waals surface area contributed by atoms with Gasteiger partial charge in [-0.1, -0.05) is 23.2 Å². The molecule has 0 spiro atoms. The lowest BCUT2D eigenvalue weighted by Crippen LogP contribution is -2.50. The van der Waals surface area contributed by atoms with Crippen molar-refractivity contribution in [2.75, 3.05) is 12.4 Å². The van der Waals surface area contributed by atoms with Crippen LogP contribution in [0.5, 0.6) is 11.5 Å². The lowest BCUT2D eigenvalue weighted by molar-refractivity contribution is -0.00734. The van der Waals surface area contributed by atoms with Crippen LogP contribution in [-0.2, 0) is 4.74 Å². The number of benzene rings is 2. The molecule has 3 aromatic rings. The Morgan fingerprint density at radius 1 is 1.11 bits per heavy atom. The Morgan fingerprint density at radius 2 is 1.82 bits per heavy atom. The average Bonchev–Trinajstić information content (AvgIpc) is 3.14. The van der Waals surface area contributed by atoms with Crippen LogP contribution in [-0.4, -0.2) is 51.9 Å². The van der Waals surface area contributed by atoms with Gasteiger partial charge in [-0.3, -0.25) is 0 Å². The van der Waals surface area contributed by atoms with Crippen LogP contribution in [0.25, 0.3) is 10.9 Å². The molecule has 2 aliphatic rings. The molecule has 0 aliphatic carbocycles. The van der Waals surface area contributed by atoms with E-state index >= 15 is 0 Å². The number of hydrogen-bond donors (Lipinski definition) is 1. The molecule has 3 heterocycles. The Labute approximate surface area is 230 Å². The highest BCUT2D eigenvalue weighted by Crippen LogP contribution is 2.41. The van der Waals surface area contributed by atoms with Gasteiger partial charge < -0.3 is 24.4 Å². The lowest BCUT2D eigenvalue weighted by atomic mass is 10.00. The van der Waals surface area contributed by atoms with Crippen molar-refractivity contribution < 1.29 is 23.4 Å². The predicted octanol–water partition coefficient (Wildman–Crippen LogP) is 7.14. The molecule has 0 saturated carbocycles. The second-order valence-electron chi connectivity index (χ2n) is 10.6. The summed E-state index contributed by atoms with van der Waals surface area (Å²) in [4.78, 5) is 23.3. The number of halogens is 3. The van der Waals surface area contributed by atoms with Crippen molar-refractivity contribution in [1.82, 2.24) is 14.9 Å². The molecule has 2 aliphatic heterocycles. The number of aromatic nitrogens is 2. The third-order valence-corrected chi connectivity index (χ3v) is 7.58. The number of hydrogen-bond acceptors (Lipinski definition) is 7. The maximum Gasteiger partial charge on any atom is 0.410 e.